The van der Waals surface area contributed by atoms with Gasteiger partial charge in [0, 0.05) is 28.6 Å². The first kappa shape index (κ1) is 15.9. The van der Waals surface area contributed by atoms with Crippen molar-refractivity contribution in [3.8, 4) is 0 Å². The maximum absolute atomic E-state index is 12.3. The average Bonchev–Trinajstić information content (AvgIpc) is 3.00. The fourth-order valence-electron chi connectivity index (χ4n) is 2.91. The zero-order valence-corrected chi connectivity index (χ0v) is 14.4. The summed E-state index contributed by atoms with van der Waals surface area (Å²) in [5.74, 6) is -0.110. The van der Waals surface area contributed by atoms with E-state index in [-0.39, 0.29) is 24.5 Å². The van der Waals surface area contributed by atoms with Crippen LogP contribution in [0, 0.1) is 0 Å². The fourth-order valence-corrected chi connectivity index (χ4v) is 3.31. The SMILES string of the molecule is O=C(CCC(=O)c1ccc2c(c1)CCC2)Nc1cccc(Br)c1. The predicted molar refractivity (Wildman–Crippen MR) is 94.8 cm³/mol. The largest absolute Gasteiger partial charge is 0.326 e. The standard InChI is InChI=1S/C19H18BrNO2/c20-16-5-2-6-17(12-16)21-19(23)10-9-18(22)15-8-7-13-3-1-4-14(13)11-15/h2,5-8,11-12H,1,3-4,9-10H2,(H,21,23). The van der Waals surface area contributed by atoms with Crippen molar-refractivity contribution in [2.45, 2.75) is 32.1 Å². The van der Waals surface area contributed by atoms with Crippen LogP contribution in [0.3, 0.4) is 0 Å². The number of halogens is 1. The van der Waals surface area contributed by atoms with Crippen LogP contribution in [0.15, 0.2) is 46.9 Å². The van der Waals surface area contributed by atoms with E-state index in [0.29, 0.717) is 0 Å². The minimum atomic E-state index is -0.141. The van der Waals surface area contributed by atoms with Gasteiger partial charge in [-0.1, -0.05) is 34.1 Å². The fraction of sp³-hybridized carbons (Fsp3) is 0.263. The van der Waals surface area contributed by atoms with E-state index in [0.717, 1.165) is 28.6 Å². The molecule has 0 fully saturated rings. The normalized spacial score (nSPS) is 12.7. The molecule has 1 aliphatic carbocycles. The minimum Gasteiger partial charge on any atom is -0.326 e. The Labute approximate surface area is 144 Å². The number of hydrogen-bond donors (Lipinski definition) is 1. The number of aryl methyl sites for hydroxylation is 2. The highest BCUT2D eigenvalue weighted by Gasteiger charge is 2.15. The molecule has 0 saturated heterocycles. The quantitative estimate of drug-likeness (QED) is 0.784. The van der Waals surface area contributed by atoms with Gasteiger partial charge in [0.05, 0.1) is 0 Å². The van der Waals surface area contributed by atoms with Crippen LogP contribution < -0.4 is 5.32 Å². The molecule has 3 rings (SSSR count). The first-order chi connectivity index (χ1) is 11.1. The number of rotatable bonds is 5. The summed E-state index contributed by atoms with van der Waals surface area (Å²) in [4.78, 5) is 24.2. The molecule has 0 unspecified atom stereocenters. The lowest BCUT2D eigenvalue weighted by Crippen LogP contribution is -2.13. The Hall–Kier alpha value is -1.94. The number of anilines is 1. The van der Waals surface area contributed by atoms with Gasteiger partial charge in [-0.3, -0.25) is 9.59 Å². The van der Waals surface area contributed by atoms with Crippen molar-refractivity contribution in [3.63, 3.8) is 0 Å². The lowest BCUT2D eigenvalue weighted by molar-refractivity contribution is -0.116. The van der Waals surface area contributed by atoms with Crippen LogP contribution in [-0.4, -0.2) is 11.7 Å². The summed E-state index contributed by atoms with van der Waals surface area (Å²) in [7, 11) is 0. The van der Waals surface area contributed by atoms with Gasteiger partial charge in [0.15, 0.2) is 5.78 Å². The Kier molecular flexibility index (Phi) is 4.91. The van der Waals surface area contributed by atoms with Crippen molar-refractivity contribution < 1.29 is 9.59 Å². The van der Waals surface area contributed by atoms with Gasteiger partial charge >= 0.3 is 0 Å². The molecule has 0 saturated carbocycles. The van der Waals surface area contributed by atoms with Crippen LogP contribution in [0.25, 0.3) is 0 Å². The van der Waals surface area contributed by atoms with Crippen LogP contribution >= 0.6 is 15.9 Å². The Morgan fingerprint density at radius 3 is 2.65 bits per heavy atom. The van der Waals surface area contributed by atoms with Gasteiger partial charge < -0.3 is 5.32 Å². The van der Waals surface area contributed by atoms with Gasteiger partial charge in [-0.15, -0.1) is 0 Å². The number of Topliss-reactive ketones (excluding diaryl/α,β-unsaturated/α-hetero) is 1. The minimum absolute atomic E-state index is 0.0316. The van der Waals surface area contributed by atoms with E-state index in [9.17, 15) is 9.59 Å². The Balaban J connectivity index is 1.55. The van der Waals surface area contributed by atoms with Gasteiger partial charge in [-0.2, -0.15) is 0 Å². The van der Waals surface area contributed by atoms with Crippen molar-refractivity contribution in [3.05, 3.63) is 63.6 Å². The van der Waals surface area contributed by atoms with Crippen LogP contribution in [0.5, 0.6) is 0 Å². The Bertz CT molecular complexity index is 755. The molecule has 0 radical (unpaired) electrons. The number of nitrogens with one attached hydrogen (secondary N) is 1. The summed E-state index contributed by atoms with van der Waals surface area (Å²) in [6, 6.07) is 13.3. The van der Waals surface area contributed by atoms with Crippen molar-refractivity contribution in [1.82, 2.24) is 0 Å². The van der Waals surface area contributed by atoms with Crippen molar-refractivity contribution in [2.75, 3.05) is 5.32 Å². The van der Waals surface area contributed by atoms with E-state index >= 15 is 0 Å². The number of carbonyl (C=O) groups is 2. The first-order valence-electron chi connectivity index (χ1n) is 7.82. The molecule has 4 heteroatoms. The van der Waals surface area contributed by atoms with E-state index in [1.807, 2.05) is 36.4 Å². The van der Waals surface area contributed by atoms with Crippen molar-refractivity contribution in [2.24, 2.45) is 0 Å². The molecule has 3 nitrogen and oxygen atoms in total. The van der Waals surface area contributed by atoms with Crippen LogP contribution in [-0.2, 0) is 17.6 Å². The highest BCUT2D eigenvalue weighted by atomic mass is 79.9. The number of carbonyl (C=O) groups excluding carboxylic acids is 2. The van der Waals surface area contributed by atoms with Crippen LogP contribution in [0.1, 0.15) is 40.7 Å². The summed E-state index contributed by atoms with van der Waals surface area (Å²) < 4.78 is 0.907. The summed E-state index contributed by atoms with van der Waals surface area (Å²) >= 11 is 3.36. The van der Waals surface area contributed by atoms with E-state index in [4.69, 9.17) is 0 Å². The van der Waals surface area contributed by atoms with Crippen molar-refractivity contribution in [1.29, 1.82) is 0 Å². The third kappa shape index (κ3) is 4.08. The second-order valence-corrected chi connectivity index (χ2v) is 6.73. The number of hydrogen-bond acceptors (Lipinski definition) is 2. The van der Waals surface area contributed by atoms with Gasteiger partial charge in [0.1, 0.15) is 0 Å². The smallest absolute Gasteiger partial charge is 0.224 e. The molecule has 1 N–H and O–H groups in total. The third-order valence-corrected chi connectivity index (χ3v) is 4.60. The number of ketones is 1. The van der Waals surface area contributed by atoms with Gasteiger partial charge in [0.25, 0.3) is 0 Å². The number of benzene rings is 2. The Morgan fingerprint density at radius 2 is 1.83 bits per heavy atom. The molecule has 0 aliphatic heterocycles. The molecular weight excluding hydrogens is 354 g/mol. The molecule has 0 heterocycles. The Morgan fingerprint density at radius 1 is 1.00 bits per heavy atom. The molecule has 2 aromatic rings. The van der Waals surface area contributed by atoms with Crippen LogP contribution in [0.2, 0.25) is 0 Å². The second kappa shape index (κ2) is 7.09. The van der Waals surface area contributed by atoms with Gasteiger partial charge in [-0.25, -0.2) is 0 Å². The monoisotopic (exact) mass is 371 g/mol. The molecule has 0 aromatic heterocycles. The molecular formula is C19H18BrNO2. The molecule has 0 spiro atoms. The van der Waals surface area contributed by atoms with E-state index in [1.165, 1.54) is 17.5 Å². The molecule has 23 heavy (non-hydrogen) atoms. The lowest BCUT2D eigenvalue weighted by Gasteiger charge is -2.06. The third-order valence-electron chi connectivity index (χ3n) is 4.11. The number of amides is 1. The molecule has 118 valence electrons. The van der Waals surface area contributed by atoms with E-state index in [1.54, 1.807) is 0 Å². The highest BCUT2D eigenvalue weighted by molar-refractivity contribution is 9.10. The maximum Gasteiger partial charge on any atom is 0.224 e. The summed E-state index contributed by atoms with van der Waals surface area (Å²) in [5, 5.41) is 2.81. The summed E-state index contributed by atoms with van der Waals surface area (Å²) in [6.07, 6.45) is 3.77. The molecule has 1 aliphatic rings. The van der Waals surface area contributed by atoms with Crippen molar-refractivity contribution >= 4 is 33.3 Å². The maximum atomic E-state index is 12.3. The molecule has 0 bridgehead atoms. The van der Waals surface area contributed by atoms with E-state index in [2.05, 4.69) is 27.3 Å². The zero-order valence-electron chi connectivity index (χ0n) is 12.8. The topological polar surface area (TPSA) is 46.2 Å². The predicted octanol–water partition coefficient (Wildman–Crippen LogP) is 4.54. The van der Waals surface area contributed by atoms with Crippen LogP contribution in [0.4, 0.5) is 5.69 Å². The van der Waals surface area contributed by atoms with Gasteiger partial charge in [-0.05, 0) is 54.7 Å². The summed E-state index contributed by atoms with van der Waals surface area (Å²) in [5.41, 5.74) is 4.10. The highest BCUT2D eigenvalue weighted by Crippen LogP contribution is 2.23. The molecule has 1 amide bonds. The average molecular weight is 372 g/mol. The van der Waals surface area contributed by atoms with Gasteiger partial charge in [0.2, 0.25) is 5.91 Å². The summed E-state index contributed by atoms with van der Waals surface area (Å²) in [6.45, 7) is 0. The molecule has 2 aromatic carbocycles. The number of fused-ring (bicyclic) bond motifs is 1. The lowest BCUT2D eigenvalue weighted by atomic mass is 10.0. The second-order valence-electron chi connectivity index (χ2n) is 5.82. The molecule has 0 atom stereocenters. The zero-order chi connectivity index (χ0) is 16.2. The van der Waals surface area contributed by atoms with E-state index < -0.39 is 0 Å². The first-order valence-corrected chi connectivity index (χ1v) is 8.61.